The lowest BCUT2D eigenvalue weighted by molar-refractivity contribution is -0.127. The van der Waals surface area contributed by atoms with Gasteiger partial charge in [0.1, 0.15) is 0 Å². The van der Waals surface area contributed by atoms with Gasteiger partial charge in [0.05, 0.1) is 17.3 Å². The van der Waals surface area contributed by atoms with E-state index in [-0.39, 0.29) is 24.2 Å². The Morgan fingerprint density at radius 2 is 2.14 bits per heavy atom. The van der Waals surface area contributed by atoms with E-state index in [4.69, 9.17) is 0 Å². The molecule has 1 aliphatic carbocycles. The van der Waals surface area contributed by atoms with Gasteiger partial charge in [-0.3, -0.25) is 14.6 Å². The van der Waals surface area contributed by atoms with Gasteiger partial charge < -0.3 is 10.6 Å². The van der Waals surface area contributed by atoms with Crippen LogP contribution in [0.2, 0.25) is 0 Å². The molecule has 2 amide bonds. The Morgan fingerprint density at radius 1 is 1.32 bits per heavy atom. The zero-order valence-electron chi connectivity index (χ0n) is 12.8. The minimum absolute atomic E-state index is 0.0231. The Labute approximate surface area is 130 Å². The fourth-order valence-corrected chi connectivity index (χ4v) is 3.39. The zero-order valence-corrected chi connectivity index (χ0v) is 12.8. The Kier molecular flexibility index (Phi) is 4.71. The number of anilines is 1. The molecular formula is C17H23N3O2. The Hall–Kier alpha value is -1.91. The lowest BCUT2D eigenvalue weighted by Crippen LogP contribution is -2.37. The third kappa shape index (κ3) is 3.64. The average molecular weight is 301 g/mol. The van der Waals surface area contributed by atoms with Gasteiger partial charge in [0.2, 0.25) is 11.8 Å². The van der Waals surface area contributed by atoms with Crippen LogP contribution in [0.3, 0.4) is 0 Å². The first kappa shape index (κ1) is 15.0. The van der Waals surface area contributed by atoms with Gasteiger partial charge in [-0.25, -0.2) is 0 Å². The highest BCUT2D eigenvalue weighted by molar-refractivity contribution is 5.97. The second-order valence-electron chi connectivity index (χ2n) is 6.40. The standard InChI is InChI=1S/C17H23N3O2/c21-16(19-11-12-5-2-1-3-6-12)10-13-9-15-14(20-17(13)22)7-4-8-18-15/h4,7-8,12-13H,1-3,5-6,9-11H2,(H,19,21)(H,20,22). The molecule has 3 rings (SSSR count). The van der Waals surface area contributed by atoms with E-state index >= 15 is 0 Å². The minimum Gasteiger partial charge on any atom is -0.356 e. The summed E-state index contributed by atoms with van der Waals surface area (Å²) >= 11 is 0. The van der Waals surface area contributed by atoms with Crippen molar-refractivity contribution >= 4 is 17.5 Å². The van der Waals surface area contributed by atoms with Crippen LogP contribution in [0.15, 0.2) is 18.3 Å². The number of nitrogens with zero attached hydrogens (tertiary/aromatic N) is 1. The van der Waals surface area contributed by atoms with Gasteiger partial charge >= 0.3 is 0 Å². The van der Waals surface area contributed by atoms with E-state index in [1.807, 2.05) is 6.07 Å². The second kappa shape index (κ2) is 6.90. The monoisotopic (exact) mass is 301 g/mol. The number of hydrogen-bond donors (Lipinski definition) is 2. The molecule has 1 saturated carbocycles. The highest BCUT2D eigenvalue weighted by atomic mass is 16.2. The fourth-order valence-electron chi connectivity index (χ4n) is 3.39. The Bertz CT molecular complexity index is 553. The molecule has 2 N–H and O–H groups in total. The third-order valence-corrected chi connectivity index (χ3v) is 4.70. The molecule has 2 aliphatic rings. The summed E-state index contributed by atoms with van der Waals surface area (Å²) in [6, 6.07) is 3.65. The summed E-state index contributed by atoms with van der Waals surface area (Å²) in [4.78, 5) is 28.5. The van der Waals surface area contributed by atoms with Crippen LogP contribution < -0.4 is 10.6 Å². The lowest BCUT2D eigenvalue weighted by Gasteiger charge is -2.24. The van der Waals surface area contributed by atoms with Gasteiger partial charge in [-0.2, -0.15) is 0 Å². The van der Waals surface area contributed by atoms with Crippen molar-refractivity contribution in [1.82, 2.24) is 10.3 Å². The molecule has 0 spiro atoms. The first-order valence-corrected chi connectivity index (χ1v) is 8.24. The summed E-state index contributed by atoms with van der Waals surface area (Å²) in [7, 11) is 0. The fraction of sp³-hybridized carbons (Fsp3) is 0.588. The van der Waals surface area contributed by atoms with Crippen LogP contribution in [0, 0.1) is 11.8 Å². The maximum absolute atomic E-state index is 12.1. The van der Waals surface area contributed by atoms with Crippen molar-refractivity contribution in [2.75, 3.05) is 11.9 Å². The molecule has 118 valence electrons. The minimum atomic E-state index is -0.311. The smallest absolute Gasteiger partial charge is 0.228 e. The zero-order chi connectivity index (χ0) is 15.4. The molecule has 0 aromatic carbocycles. The number of hydrogen-bond acceptors (Lipinski definition) is 3. The predicted molar refractivity (Wildman–Crippen MR) is 84.3 cm³/mol. The second-order valence-corrected chi connectivity index (χ2v) is 6.40. The summed E-state index contributed by atoms with van der Waals surface area (Å²) in [5.74, 6) is 0.201. The van der Waals surface area contributed by atoms with E-state index in [1.54, 1.807) is 12.3 Å². The van der Waals surface area contributed by atoms with Gasteiger partial charge in [0, 0.05) is 25.6 Å². The van der Waals surface area contributed by atoms with Gasteiger partial charge in [-0.1, -0.05) is 19.3 Å². The Morgan fingerprint density at radius 3 is 2.95 bits per heavy atom. The molecule has 1 fully saturated rings. The highest BCUT2D eigenvalue weighted by Crippen LogP contribution is 2.25. The van der Waals surface area contributed by atoms with Crippen LogP contribution in [0.4, 0.5) is 5.69 Å². The number of amides is 2. The number of carbonyl (C=O) groups is 2. The van der Waals surface area contributed by atoms with E-state index in [0.717, 1.165) is 17.9 Å². The number of pyridine rings is 1. The van der Waals surface area contributed by atoms with Gasteiger partial charge in [0.25, 0.3) is 0 Å². The molecule has 1 aliphatic heterocycles. The number of nitrogens with one attached hydrogen (secondary N) is 2. The first-order valence-electron chi connectivity index (χ1n) is 8.24. The average Bonchev–Trinajstić information content (AvgIpc) is 2.55. The highest BCUT2D eigenvalue weighted by Gasteiger charge is 2.28. The van der Waals surface area contributed by atoms with Crippen molar-refractivity contribution in [2.45, 2.75) is 44.9 Å². The molecule has 1 aromatic heterocycles. The van der Waals surface area contributed by atoms with E-state index in [9.17, 15) is 9.59 Å². The van der Waals surface area contributed by atoms with Crippen molar-refractivity contribution in [3.8, 4) is 0 Å². The lowest BCUT2D eigenvalue weighted by atomic mass is 9.89. The molecule has 22 heavy (non-hydrogen) atoms. The van der Waals surface area contributed by atoms with Gasteiger partial charge in [-0.05, 0) is 30.9 Å². The number of aromatic nitrogens is 1. The van der Waals surface area contributed by atoms with E-state index < -0.39 is 0 Å². The van der Waals surface area contributed by atoms with Crippen LogP contribution in [-0.4, -0.2) is 23.3 Å². The van der Waals surface area contributed by atoms with Crippen molar-refractivity contribution < 1.29 is 9.59 Å². The normalized spacial score (nSPS) is 21.8. The van der Waals surface area contributed by atoms with Crippen LogP contribution in [-0.2, 0) is 16.0 Å². The van der Waals surface area contributed by atoms with E-state index in [2.05, 4.69) is 15.6 Å². The Balaban J connectivity index is 1.50. The van der Waals surface area contributed by atoms with Gasteiger partial charge in [-0.15, -0.1) is 0 Å². The number of rotatable bonds is 4. The SMILES string of the molecule is O=C(CC1Cc2ncccc2NC1=O)NCC1CCCCC1. The summed E-state index contributed by atoms with van der Waals surface area (Å²) in [6.07, 6.45) is 8.79. The number of fused-ring (bicyclic) bond motifs is 1. The summed E-state index contributed by atoms with van der Waals surface area (Å²) in [5, 5.41) is 5.84. The van der Waals surface area contributed by atoms with E-state index in [0.29, 0.717) is 12.3 Å². The van der Waals surface area contributed by atoms with Crippen LogP contribution in [0.25, 0.3) is 0 Å². The largest absolute Gasteiger partial charge is 0.356 e. The molecule has 5 nitrogen and oxygen atoms in total. The molecular weight excluding hydrogens is 278 g/mol. The van der Waals surface area contributed by atoms with Crippen LogP contribution >= 0.6 is 0 Å². The topological polar surface area (TPSA) is 71.1 Å². The molecule has 1 unspecified atom stereocenters. The van der Waals surface area contributed by atoms with Crippen molar-refractivity contribution in [3.63, 3.8) is 0 Å². The molecule has 0 bridgehead atoms. The molecule has 1 atom stereocenters. The van der Waals surface area contributed by atoms with Crippen LogP contribution in [0.5, 0.6) is 0 Å². The third-order valence-electron chi connectivity index (χ3n) is 4.70. The van der Waals surface area contributed by atoms with Crippen LogP contribution in [0.1, 0.15) is 44.2 Å². The summed E-state index contributed by atoms with van der Waals surface area (Å²) < 4.78 is 0. The summed E-state index contributed by atoms with van der Waals surface area (Å²) in [5.41, 5.74) is 1.64. The van der Waals surface area contributed by atoms with Gasteiger partial charge in [0.15, 0.2) is 0 Å². The number of carbonyl (C=O) groups excluding carboxylic acids is 2. The quantitative estimate of drug-likeness (QED) is 0.896. The van der Waals surface area contributed by atoms with Crippen molar-refractivity contribution in [3.05, 3.63) is 24.0 Å². The molecule has 0 saturated heterocycles. The molecule has 0 radical (unpaired) electrons. The molecule has 5 heteroatoms. The van der Waals surface area contributed by atoms with E-state index in [1.165, 1.54) is 32.1 Å². The summed E-state index contributed by atoms with van der Waals surface area (Å²) in [6.45, 7) is 0.752. The molecule has 2 heterocycles. The maximum Gasteiger partial charge on any atom is 0.228 e. The maximum atomic E-state index is 12.1. The van der Waals surface area contributed by atoms with Crippen molar-refractivity contribution in [2.24, 2.45) is 11.8 Å². The first-order chi connectivity index (χ1) is 10.7. The molecule has 1 aromatic rings. The van der Waals surface area contributed by atoms with Crippen molar-refractivity contribution in [1.29, 1.82) is 0 Å². The predicted octanol–water partition coefficient (Wildman–Crippen LogP) is 2.28.